The van der Waals surface area contributed by atoms with Gasteiger partial charge in [-0.3, -0.25) is 9.59 Å². The van der Waals surface area contributed by atoms with Crippen LogP contribution >= 0.6 is 0 Å². The van der Waals surface area contributed by atoms with E-state index in [2.05, 4.69) is 10.3 Å². The first-order chi connectivity index (χ1) is 7.15. The molecule has 0 spiro atoms. The Morgan fingerprint density at radius 3 is 2.60 bits per heavy atom. The van der Waals surface area contributed by atoms with Crippen molar-refractivity contribution in [1.82, 2.24) is 5.32 Å². The van der Waals surface area contributed by atoms with E-state index in [0.717, 1.165) is 12.8 Å². The van der Waals surface area contributed by atoms with Gasteiger partial charge in [0.2, 0.25) is 12.1 Å². The number of carbonyl (C=O) groups is 2. The second kappa shape index (κ2) is 3.46. The summed E-state index contributed by atoms with van der Waals surface area (Å²) in [5.41, 5.74) is 0. The van der Waals surface area contributed by atoms with Crippen LogP contribution in [-0.4, -0.2) is 17.5 Å². The Morgan fingerprint density at radius 2 is 2.07 bits per heavy atom. The zero-order valence-electron chi connectivity index (χ0n) is 8.36. The number of ketones is 1. The van der Waals surface area contributed by atoms with Crippen LogP contribution in [0, 0.1) is 29.2 Å². The molecular formula is C10H11N3O2. The van der Waals surface area contributed by atoms with E-state index in [1.807, 2.05) is 0 Å². The smallest absolute Gasteiger partial charge is 0.235 e. The largest absolute Gasteiger partial charge is 0.313 e. The number of fused-ring (bicyclic) bond motifs is 1. The number of rotatable bonds is 0. The molecule has 0 radical (unpaired) electrons. The zero-order valence-corrected chi connectivity index (χ0v) is 8.36. The molecule has 0 bridgehead atoms. The minimum atomic E-state index is -0.621. The standard InChI is InChI=1S/C10H11N3O2/c1-5-8(14)6-2-3-7(6)9(12-4-11)13-10(5)15/h5-7H,2-3H2,1H3,(H,12,13,15)/t5?,6-,7?/m0/s1. The van der Waals surface area contributed by atoms with Crippen LogP contribution in [0.5, 0.6) is 0 Å². The van der Waals surface area contributed by atoms with Gasteiger partial charge in [0.15, 0.2) is 0 Å². The molecule has 1 amide bonds. The zero-order chi connectivity index (χ0) is 11.0. The molecule has 5 nitrogen and oxygen atoms in total. The summed E-state index contributed by atoms with van der Waals surface area (Å²) in [4.78, 5) is 26.9. The summed E-state index contributed by atoms with van der Waals surface area (Å²) in [6.45, 7) is 1.60. The average molecular weight is 205 g/mol. The molecule has 0 aromatic heterocycles. The van der Waals surface area contributed by atoms with Crippen molar-refractivity contribution in [1.29, 1.82) is 5.26 Å². The summed E-state index contributed by atoms with van der Waals surface area (Å²) in [6.07, 6.45) is 3.28. The number of amides is 1. The number of nitrogens with one attached hydrogen (secondary N) is 1. The molecule has 15 heavy (non-hydrogen) atoms. The lowest BCUT2D eigenvalue weighted by Crippen LogP contribution is -2.41. The molecule has 1 heterocycles. The van der Waals surface area contributed by atoms with E-state index in [-0.39, 0.29) is 23.5 Å². The summed E-state index contributed by atoms with van der Waals surface area (Å²) in [7, 11) is 0. The van der Waals surface area contributed by atoms with Crippen molar-refractivity contribution in [3.8, 4) is 6.19 Å². The Labute approximate surface area is 87.2 Å². The molecular weight excluding hydrogens is 194 g/mol. The fourth-order valence-electron chi connectivity index (χ4n) is 2.11. The Hall–Kier alpha value is -1.70. The predicted octanol–water partition coefficient (Wildman–Crippen LogP) is 0.227. The Morgan fingerprint density at radius 1 is 1.40 bits per heavy atom. The first-order valence-corrected chi connectivity index (χ1v) is 4.96. The van der Waals surface area contributed by atoms with Gasteiger partial charge in [-0.05, 0) is 19.8 Å². The highest BCUT2D eigenvalue weighted by Crippen LogP contribution is 2.38. The first-order valence-electron chi connectivity index (χ1n) is 4.96. The van der Waals surface area contributed by atoms with Crippen molar-refractivity contribution in [2.45, 2.75) is 19.8 Å². The van der Waals surface area contributed by atoms with Crippen molar-refractivity contribution in [3.63, 3.8) is 0 Å². The third kappa shape index (κ3) is 1.42. The molecule has 1 saturated heterocycles. The van der Waals surface area contributed by atoms with Gasteiger partial charge in [0.25, 0.3) is 0 Å². The molecule has 1 saturated carbocycles. The highest BCUT2D eigenvalue weighted by atomic mass is 16.2. The average Bonchev–Trinajstić information content (AvgIpc) is 2.18. The third-order valence-corrected chi connectivity index (χ3v) is 3.23. The van der Waals surface area contributed by atoms with Crippen LogP contribution in [0.25, 0.3) is 0 Å². The van der Waals surface area contributed by atoms with E-state index in [4.69, 9.17) is 5.26 Å². The maximum Gasteiger partial charge on any atom is 0.235 e. The number of carbonyl (C=O) groups excluding carboxylic acids is 2. The molecule has 1 N–H and O–H groups in total. The molecule has 1 aliphatic heterocycles. The van der Waals surface area contributed by atoms with Gasteiger partial charge in [-0.15, -0.1) is 0 Å². The number of nitrogens with zero attached hydrogens (tertiary/aromatic N) is 2. The van der Waals surface area contributed by atoms with Crippen molar-refractivity contribution in [2.75, 3.05) is 0 Å². The maximum atomic E-state index is 11.8. The molecule has 2 unspecified atom stereocenters. The van der Waals surface area contributed by atoms with Crippen molar-refractivity contribution in [3.05, 3.63) is 0 Å². The van der Waals surface area contributed by atoms with Crippen LogP contribution in [-0.2, 0) is 9.59 Å². The number of hydrogen-bond donors (Lipinski definition) is 1. The summed E-state index contributed by atoms with van der Waals surface area (Å²) >= 11 is 0. The summed E-state index contributed by atoms with van der Waals surface area (Å²) in [6, 6.07) is 0. The molecule has 2 fully saturated rings. The Bertz CT molecular complexity index is 394. The van der Waals surface area contributed by atoms with Gasteiger partial charge in [0.1, 0.15) is 11.6 Å². The molecule has 5 heteroatoms. The lowest BCUT2D eigenvalue weighted by atomic mass is 9.69. The highest BCUT2D eigenvalue weighted by Gasteiger charge is 2.46. The fourth-order valence-corrected chi connectivity index (χ4v) is 2.11. The quantitative estimate of drug-likeness (QED) is 0.454. The number of Topliss-reactive ketones (excluding diaryl/α,β-unsaturated/α-hetero) is 1. The topological polar surface area (TPSA) is 82.3 Å². The SMILES string of the molecule is CC1C(=O)N/C(=N\C#N)C2CC[C@@H]2C1=O. The second-order valence-corrected chi connectivity index (χ2v) is 4.00. The minimum absolute atomic E-state index is 0.0214. The van der Waals surface area contributed by atoms with Crippen molar-refractivity contribution in [2.24, 2.45) is 22.7 Å². The van der Waals surface area contributed by atoms with Crippen LogP contribution in [0.15, 0.2) is 4.99 Å². The molecule has 2 rings (SSSR count). The molecule has 2 aliphatic rings. The van der Waals surface area contributed by atoms with Crippen LogP contribution in [0.4, 0.5) is 0 Å². The molecule has 0 aromatic carbocycles. The number of hydrogen-bond acceptors (Lipinski definition) is 4. The highest BCUT2D eigenvalue weighted by molar-refractivity contribution is 6.14. The van der Waals surface area contributed by atoms with Gasteiger partial charge < -0.3 is 5.32 Å². The Kier molecular flexibility index (Phi) is 2.27. The molecule has 78 valence electrons. The normalized spacial score (nSPS) is 37.3. The van der Waals surface area contributed by atoms with Gasteiger partial charge >= 0.3 is 0 Å². The minimum Gasteiger partial charge on any atom is -0.313 e. The molecule has 0 aromatic rings. The summed E-state index contributed by atoms with van der Waals surface area (Å²) < 4.78 is 0. The van der Waals surface area contributed by atoms with E-state index >= 15 is 0 Å². The van der Waals surface area contributed by atoms with Gasteiger partial charge in [0, 0.05) is 11.8 Å². The van der Waals surface area contributed by atoms with E-state index in [0.29, 0.717) is 5.84 Å². The van der Waals surface area contributed by atoms with E-state index in [1.165, 1.54) is 0 Å². The van der Waals surface area contributed by atoms with Gasteiger partial charge in [-0.25, -0.2) is 0 Å². The summed E-state index contributed by atoms with van der Waals surface area (Å²) in [5, 5.41) is 11.0. The summed E-state index contributed by atoms with van der Waals surface area (Å²) in [5.74, 6) is -0.784. The van der Waals surface area contributed by atoms with Crippen LogP contribution in [0.2, 0.25) is 0 Å². The first kappa shape index (κ1) is 9.84. The number of nitriles is 1. The molecule has 3 atom stereocenters. The second-order valence-electron chi connectivity index (χ2n) is 4.00. The van der Waals surface area contributed by atoms with Crippen LogP contribution < -0.4 is 5.32 Å². The van der Waals surface area contributed by atoms with E-state index < -0.39 is 5.92 Å². The maximum absolute atomic E-state index is 11.8. The third-order valence-electron chi connectivity index (χ3n) is 3.23. The van der Waals surface area contributed by atoms with E-state index in [9.17, 15) is 9.59 Å². The number of amidine groups is 1. The van der Waals surface area contributed by atoms with Crippen LogP contribution in [0.3, 0.4) is 0 Å². The van der Waals surface area contributed by atoms with E-state index in [1.54, 1.807) is 13.1 Å². The van der Waals surface area contributed by atoms with Crippen molar-refractivity contribution >= 4 is 17.5 Å². The Balaban J connectivity index is 2.34. The number of aliphatic imine (C=N–C) groups is 1. The van der Waals surface area contributed by atoms with Gasteiger partial charge in [-0.1, -0.05) is 0 Å². The van der Waals surface area contributed by atoms with Gasteiger partial charge in [-0.2, -0.15) is 10.3 Å². The lowest BCUT2D eigenvalue weighted by molar-refractivity contribution is -0.135. The van der Waals surface area contributed by atoms with Crippen molar-refractivity contribution < 1.29 is 9.59 Å². The van der Waals surface area contributed by atoms with Gasteiger partial charge in [0.05, 0.1) is 5.92 Å². The van der Waals surface area contributed by atoms with Crippen LogP contribution in [0.1, 0.15) is 19.8 Å². The monoisotopic (exact) mass is 205 g/mol. The predicted molar refractivity (Wildman–Crippen MR) is 51.6 cm³/mol. The molecule has 1 aliphatic carbocycles. The lowest BCUT2D eigenvalue weighted by Gasteiger charge is -2.33. The fraction of sp³-hybridized carbons (Fsp3) is 0.600.